The van der Waals surface area contributed by atoms with E-state index < -0.39 is 0 Å². The lowest BCUT2D eigenvalue weighted by Crippen LogP contribution is -2.10. The van der Waals surface area contributed by atoms with Gasteiger partial charge in [0.1, 0.15) is 10.8 Å². The number of ether oxygens (including phenoxy) is 1. The predicted molar refractivity (Wildman–Crippen MR) is 80.8 cm³/mol. The maximum Gasteiger partial charge on any atom is 0.123 e. The first kappa shape index (κ1) is 14.0. The number of nitrogens with one attached hydrogen (secondary N) is 1. The summed E-state index contributed by atoms with van der Waals surface area (Å²) in [5, 5.41) is 4.26. The summed E-state index contributed by atoms with van der Waals surface area (Å²) >= 11 is 1.72. The van der Waals surface area contributed by atoms with Crippen LogP contribution in [0.2, 0.25) is 0 Å². The van der Waals surface area contributed by atoms with Gasteiger partial charge in [0.15, 0.2) is 0 Å². The molecule has 1 atom stereocenters. The molecule has 1 aromatic heterocycles. The quantitative estimate of drug-likeness (QED) is 0.900. The van der Waals surface area contributed by atoms with Crippen LogP contribution in [-0.2, 0) is 0 Å². The molecule has 2 rings (SSSR count). The number of rotatable bonds is 5. The summed E-state index contributed by atoms with van der Waals surface area (Å²) in [4.78, 5) is 5.74. The van der Waals surface area contributed by atoms with Crippen LogP contribution in [0.15, 0.2) is 30.5 Å². The van der Waals surface area contributed by atoms with Crippen LogP contribution in [0.4, 0.5) is 0 Å². The van der Waals surface area contributed by atoms with E-state index in [9.17, 15) is 0 Å². The van der Waals surface area contributed by atoms with Gasteiger partial charge in [-0.15, -0.1) is 11.3 Å². The molecule has 0 radical (unpaired) electrons. The Balaban J connectivity index is 2.24. The lowest BCUT2D eigenvalue weighted by molar-refractivity contribution is 0.242. The molecule has 0 aliphatic carbocycles. The van der Waals surface area contributed by atoms with E-state index >= 15 is 0 Å². The van der Waals surface area contributed by atoms with Crippen molar-refractivity contribution in [3.63, 3.8) is 0 Å². The molecule has 0 spiro atoms. The smallest absolute Gasteiger partial charge is 0.123 e. The second-order valence-electron chi connectivity index (χ2n) is 4.77. The third-order valence-electron chi connectivity index (χ3n) is 2.84. The minimum absolute atomic E-state index is 0.186. The number of hydrogen-bond donors (Lipinski definition) is 1. The Labute approximate surface area is 118 Å². The summed E-state index contributed by atoms with van der Waals surface area (Å²) in [6, 6.07) is 8.44. The van der Waals surface area contributed by atoms with E-state index in [1.165, 1.54) is 4.88 Å². The molecule has 1 heterocycles. The van der Waals surface area contributed by atoms with Gasteiger partial charge in [0.25, 0.3) is 0 Å². The normalized spacial score (nSPS) is 12.7. The highest BCUT2D eigenvalue weighted by Crippen LogP contribution is 2.30. The summed E-state index contributed by atoms with van der Waals surface area (Å²) in [6.45, 7) is 6.20. The summed E-state index contributed by atoms with van der Waals surface area (Å²) < 4.78 is 5.72. The zero-order valence-electron chi connectivity index (χ0n) is 11.8. The van der Waals surface area contributed by atoms with Gasteiger partial charge < -0.3 is 10.1 Å². The molecule has 3 nitrogen and oxygen atoms in total. The van der Waals surface area contributed by atoms with Crippen molar-refractivity contribution in [2.75, 3.05) is 7.05 Å². The average Bonchev–Trinajstić information content (AvgIpc) is 2.87. The van der Waals surface area contributed by atoms with E-state index in [4.69, 9.17) is 4.74 Å². The second kappa shape index (κ2) is 6.17. The Morgan fingerprint density at radius 3 is 2.74 bits per heavy atom. The van der Waals surface area contributed by atoms with Crippen LogP contribution in [0.5, 0.6) is 5.75 Å². The van der Waals surface area contributed by atoms with Crippen molar-refractivity contribution in [1.29, 1.82) is 0 Å². The highest BCUT2D eigenvalue weighted by Gasteiger charge is 2.10. The molecule has 0 fully saturated rings. The number of benzene rings is 1. The largest absolute Gasteiger partial charge is 0.491 e. The predicted octanol–water partition coefficient (Wildman–Crippen LogP) is 3.88. The molecule has 0 aliphatic rings. The van der Waals surface area contributed by atoms with Crippen LogP contribution < -0.4 is 10.1 Å². The molecular weight excluding hydrogens is 256 g/mol. The molecule has 2 aromatic rings. The summed E-state index contributed by atoms with van der Waals surface area (Å²) in [5.41, 5.74) is 1.11. The minimum Gasteiger partial charge on any atom is -0.491 e. The van der Waals surface area contributed by atoms with Crippen LogP contribution in [0, 0.1) is 0 Å². The Hall–Kier alpha value is -1.39. The summed E-state index contributed by atoms with van der Waals surface area (Å²) in [5.74, 6) is 0.894. The Kier molecular flexibility index (Phi) is 4.56. The SMILES string of the molecule is CNC(C)c1cnc(-c2cccc(OC(C)C)c2)s1. The third-order valence-corrected chi connectivity index (χ3v) is 4.07. The zero-order chi connectivity index (χ0) is 13.8. The number of aromatic nitrogens is 1. The molecule has 1 unspecified atom stereocenters. The topological polar surface area (TPSA) is 34.2 Å². The molecule has 0 aliphatic heterocycles. The summed E-state index contributed by atoms with van der Waals surface area (Å²) in [6.07, 6.45) is 2.13. The van der Waals surface area contributed by atoms with E-state index in [-0.39, 0.29) is 6.10 Å². The number of hydrogen-bond acceptors (Lipinski definition) is 4. The van der Waals surface area contributed by atoms with E-state index in [0.29, 0.717) is 6.04 Å². The molecule has 102 valence electrons. The molecule has 0 saturated carbocycles. The number of thiazole rings is 1. The number of nitrogens with zero attached hydrogens (tertiary/aromatic N) is 1. The van der Waals surface area contributed by atoms with Crippen molar-refractivity contribution < 1.29 is 4.74 Å². The van der Waals surface area contributed by atoms with Crippen LogP contribution in [0.3, 0.4) is 0 Å². The van der Waals surface area contributed by atoms with Crippen molar-refractivity contribution >= 4 is 11.3 Å². The molecule has 1 aromatic carbocycles. The molecule has 0 saturated heterocycles. The maximum absolute atomic E-state index is 5.72. The summed E-state index contributed by atoms with van der Waals surface area (Å²) in [7, 11) is 1.96. The van der Waals surface area contributed by atoms with E-state index in [2.05, 4.69) is 23.3 Å². The Morgan fingerprint density at radius 1 is 1.26 bits per heavy atom. The van der Waals surface area contributed by atoms with E-state index in [0.717, 1.165) is 16.3 Å². The first-order valence-corrected chi connectivity index (χ1v) is 7.32. The van der Waals surface area contributed by atoms with Crippen LogP contribution in [0.1, 0.15) is 31.7 Å². The van der Waals surface area contributed by atoms with Gasteiger partial charge >= 0.3 is 0 Å². The standard InChI is InChI=1S/C15H20N2OS/c1-10(2)18-13-7-5-6-12(8-13)15-17-9-14(19-15)11(3)16-4/h5-11,16H,1-4H3. The fraction of sp³-hybridized carbons (Fsp3) is 0.400. The average molecular weight is 276 g/mol. The van der Waals surface area contributed by atoms with Gasteiger partial charge in [0, 0.05) is 22.7 Å². The third kappa shape index (κ3) is 3.55. The fourth-order valence-corrected chi connectivity index (χ4v) is 2.71. The zero-order valence-corrected chi connectivity index (χ0v) is 12.6. The Bertz CT molecular complexity index is 536. The monoisotopic (exact) mass is 276 g/mol. The molecule has 4 heteroatoms. The Morgan fingerprint density at radius 2 is 2.05 bits per heavy atom. The highest BCUT2D eigenvalue weighted by molar-refractivity contribution is 7.15. The molecular formula is C15H20N2OS. The van der Waals surface area contributed by atoms with Crippen molar-refractivity contribution in [3.05, 3.63) is 35.3 Å². The van der Waals surface area contributed by atoms with Crippen LogP contribution >= 0.6 is 11.3 Å². The van der Waals surface area contributed by atoms with Gasteiger partial charge in [-0.25, -0.2) is 4.98 Å². The van der Waals surface area contributed by atoms with E-state index in [1.54, 1.807) is 11.3 Å². The van der Waals surface area contributed by atoms with Crippen LogP contribution in [-0.4, -0.2) is 18.1 Å². The maximum atomic E-state index is 5.72. The van der Waals surface area contributed by atoms with Crippen molar-refractivity contribution in [2.45, 2.75) is 32.9 Å². The van der Waals surface area contributed by atoms with Gasteiger partial charge in [0.2, 0.25) is 0 Å². The van der Waals surface area contributed by atoms with Gasteiger partial charge in [-0.3, -0.25) is 0 Å². The molecule has 0 bridgehead atoms. The molecule has 19 heavy (non-hydrogen) atoms. The lowest BCUT2D eigenvalue weighted by Gasteiger charge is -2.10. The first-order chi connectivity index (χ1) is 9.10. The molecule has 0 amide bonds. The van der Waals surface area contributed by atoms with E-state index in [1.807, 2.05) is 45.3 Å². The highest BCUT2D eigenvalue weighted by atomic mass is 32.1. The second-order valence-corrected chi connectivity index (χ2v) is 5.83. The van der Waals surface area contributed by atoms with Crippen molar-refractivity contribution in [2.24, 2.45) is 0 Å². The van der Waals surface area contributed by atoms with Gasteiger partial charge in [-0.1, -0.05) is 12.1 Å². The molecule has 1 N–H and O–H groups in total. The van der Waals surface area contributed by atoms with Gasteiger partial charge in [-0.2, -0.15) is 0 Å². The first-order valence-electron chi connectivity index (χ1n) is 6.50. The van der Waals surface area contributed by atoms with Gasteiger partial charge in [0.05, 0.1) is 6.10 Å². The lowest BCUT2D eigenvalue weighted by atomic mass is 10.2. The van der Waals surface area contributed by atoms with Crippen molar-refractivity contribution in [3.8, 4) is 16.3 Å². The fourth-order valence-electron chi connectivity index (χ4n) is 1.74. The van der Waals surface area contributed by atoms with Crippen molar-refractivity contribution in [1.82, 2.24) is 10.3 Å². The van der Waals surface area contributed by atoms with Crippen LogP contribution in [0.25, 0.3) is 10.6 Å². The minimum atomic E-state index is 0.186. The van der Waals surface area contributed by atoms with Gasteiger partial charge in [-0.05, 0) is 40.0 Å².